The number of guanidine groups is 1. The van der Waals surface area contributed by atoms with E-state index in [1.807, 2.05) is 0 Å². The van der Waals surface area contributed by atoms with E-state index in [9.17, 15) is 9.18 Å². The molecule has 0 spiro atoms. The Bertz CT molecular complexity index is 955. The number of anilines is 2. The molecule has 10 heteroatoms. The van der Waals surface area contributed by atoms with E-state index < -0.39 is 17.6 Å². The SMILES string of the molecule is CN(C)C(=NC#N)N(C)C(C)(C)Oc1cc(F)cc(NC(=O)Nc2cccnc2)c1. The van der Waals surface area contributed by atoms with Gasteiger partial charge in [0.2, 0.25) is 12.2 Å². The zero-order chi connectivity index (χ0) is 22.3. The molecule has 0 aliphatic carbocycles. The van der Waals surface area contributed by atoms with Gasteiger partial charge in [-0.25, -0.2) is 9.18 Å². The molecule has 0 atom stereocenters. The van der Waals surface area contributed by atoms with Crippen molar-refractivity contribution >= 4 is 23.4 Å². The first-order valence-electron chi connectivity index (χ1n) is 8.98. The van der Waals surface area contributed by atoms with Gasteiger partial charge < -0.3 is 25.2 Å². The van der Waals surface area contributed by atoms with E-state index in [-0.39, 0.29) is 11.4 Å². The molecular formula is C20H24FN7O2. The predicted octanol–water partition coefficient (Wildman–Crippen LogP) is 3.31. The van der Waals surface area contributed by atoms with Crippen molar-refractivity contribution in [1.29, 1.82) is 5.26 Å². The lowest BCUT2D eigenvalue weighted by Crippen LogP contribution is -2.53. The molecule has 0 fully saturated rings. The van der Waals surface area contributed by atoms with Crippen LogP contribution < -0.4 is 15.4 Å². The average Bonchev–Trinajstić information content (AvgIpc) is 2.65. The summed E-state index contributed by atoms with van der Waals surface area (Å²) in [6, 6.07) is 6.69. The predicted molar refractivity (Wildman–Crippen MR) is 112 cm³/mol. The fourth-order valence-electron chi connectivity index (χ4n) is 2.54. The van der Waals surface area contributed by atoms with Crippen LogP contribution in [0.3, 0.4) is 0 Å². The second kappa shape index (κ2) is 9.56. The van der Waals surface area contributed by atoms with E-state index in [2.05, 4.69) is 20.6 Å². The largest absolute Gasteiger partial charge is 0.468 e. The third kappa shape index (κ3) is 6.07. The van der Waals surface area contributed by atoms with Gasteiger partial charge in [0.1, 0.15) is 11.6 Å². The number of halogens is 1. The lowest BCUT2D eigenvalue weighted by Gasteiger charge is -2.39. The molecule has 1 aromatic heterocycles. The van der Waals surface area contributed by atoms with Crippen molar-refractivity contribution < 1.29 is 13.9 Å². The van der Waals surface area contributed by atoms with Crippen LogP contribution in [0, 0.1) is 17.3 Å². The number of rotatable bonds is 5. The number of hydrogen-bond acceptors (Lipinski definition) is 5. The summed E-state index contributed by atoms with van der Waals surface area (Å²) < 4.78 is 20.1. The van der Waals surface area contributed by atoms with Crippen LogP contribution in [-0.2, 0) is 0 Å². The van der Waals surface area contributed by atoms with Gasteiger partial charge in [0.05, 0.1) is 11.9 Å². The number of carbonyl (C=O) groups is 1. The van der Waals surface area contributed by atoms with Gasteiger partial charge in [-0.15, -0.1) is 4.99 Å². The molecule has 0 saturated carbocycles. The van der Waals surface area contributed by atoms with E-state index in [1.54, 1.807) is 69.3 Å². The van der Waals surface area contributed by atoms with Gasteiger partial charge in [0.15, 0.2) is 5.72 Å². The highest BCUT2D eigenvalue weighted by Crippen LogP contribution is 2.26. The molecule has 1 aromatic carbocycles. The molecule has 0 radical (unpaired) electrons. The van der Waals surface area contributed by atoms with Crippen LogP contribution in [-0.4, -0.2) is 53.6 Å². The minimum Gasteiger partial charge on any atom is -0.468 e. The number of benzene rings is 1. The Morgan fingerprint density at radius 3 is 2.53 bits per heavy atom. The summed E-state index contributed by atoms with van der Waals surface area (Å²) in [4.78, 5) is 23.2. The maximum Gasteiger partial charge on any atom is 0.323 e. The smallest absolute Gasteiger partial charge is 0.323 e. The Balaban J connectivity index is 2.17. The van der Waals surface area contributed by atoms with Crippen molar-refractivity contribution in [3.05, 3.63) is 48.5 Å². The quantitative estimate of drug-likeness (QED) is 0.337. The van der Waals surface area contributed by atoms with Crippen molar-refractivity contribution in [3.63, 3.8) is 0 Å². The fraction of sp³-hybridized carbons (Fsp3) is 0.300. The van der Waals surface area contributed by atoms with Crippen LogP contribution in [0.5, 0.6) is 5.75 Å². The first-order valence-corrected chi connectivity index (χ1v) is 8.98. The van der Waals surface area contributed by atoms with Gasteiger partial charge in [-0.3, -0.25) is 4.98 Å². The Labute approximate surface area is 174 Å². The minimum atomic E-state index is -0.983. The number of carbonyl (C=O) groups excluding carboxylic acids is 1. The van der Waals surface area contributed by atoms with E-state index in [4.69, 9.17) is 10.00 Å². The number of aromatic nitrogens is 1. The average molecular weight is 413 g/mol. The lowest BCUT2D eigenvalue weighted by molar-refractivity contribution is -0.00228. The summed E-state index contributed by atoms with van der Waals surface area (Å²) in [6.45, 7) is 3.49. The minimum absolute atomic E-state index is 0.193. The van der Waals surface area contributed by atoms with Crippen molar-refractivity contribution in [2.24, 2.45) is 4.99 Å². The third-order valence-corrected chi connectivity index (χ3v) is 4.07. The maximum absolute atomic E-state index is 14.1. The van der Waals surface area contributed by atoms with Crippen LogP contribution >= 0.6 is 0 Å². The van der Waals surface area contributed by atoms with E-state index in [0.717, 1.165) is 0 Å². The zero-order valence-corrected chi connectivity index (χ0v) is 17.5. The highest BCUT2D eigenvalue weighted by atomic mass is 19.1. The second-order valence-electron chi connectivity index (χ2n) is 7.01. The van der Waals surface area contributed by atoms with Crippen LogP contribution in [0.1, 0.15) is 13.8 Å². The number of ether oxygens (including phenoxy) is 1. The summed E-state index contributed by atoms with van der Waals surface area (Å²) in [5.41, 5.74) is -0.273. The van der Waals surface area contributed by atoms with Crippen molar-refractivity contribution in [1.82, 2.24) is 14.8 Å². The number of hydrogen-bond donors (Lipinski definition) is 2. The van der Waals surface area contributed by atoms with E-state index in [0.29, 0.717) is 11.6 Å². The van der Waals surface area contributed by atoms with Crippen LogP contribution in [0.4, 0.5) is 20.6 Å². The highest BCUT2D eigenvalue weighted by Gasteiger charge is 2.30. The molecule has 9 nitrogen and oxygen atoms in total. The Morgan fingerprint density at radius 2 is 1.93 bits per heavy atom. The topological polar surface area (TPSA) is 106 Å². The Hall–Kier alpha value is -3.87. The highest BCUT2D eigenvalue weighted by molar-refractivity contribution is 5.99. The number of urea groups is 1. The molecule has 2 aromatic rings. The molecule has 0 aliphatic rings. The summed E-state index contributed by atoms with van der Waals surface area (Å²) in [6.07, 6.45) is 4.83. The monoisotopic (exact) mass is 413 g/mol. The molecule has 1 heterocycles. The lowest BCUT2D eigenvalue weighted by atomic mass is 10.2. The standard InChI is InChI=1S/C20H24FN7O2/c1-20(2,28(5)19(24-13-22)27(3)4)30-17-10-14(21)9-16(11-17)26-18(29)25-15-7-6-8-23-12-15/h6-12H,1-5H3,(H2,25,26,29). The molecule has 0 bridgehead atoms. The number of nitrogens with one attached hydrogen (secondary N) is 2. The van der Waals surface area contributed by atoms with Crippen molar-refractivity contribution in [3.8, 4) is 11.9 Å². The van der Waals surface area contributed by atoms with Gasteiger partial charge in [-0.2, -0.15) is 5.26 Å². The van der Waals surface area contributed by atoms with Crippen molar-refractivity contribution in [2.45, 2.75) is 19.6 Å². The van der Waals surface area contributed by atoms with Gasteiger partial charge in [-0.1, -0.05) is 0 Å². The summed E-state index contributed by atoms with van der Waals surface area (Å²) >= 11 is 0. The van der Waals surface area contributed by atoms with Crippen LogP contribution in [0.25, 0.3) is 0 Å². The molecule has 2 rings (SSSR count). The van der Waals surface area contributed by atoms with Gasteiger partial charge >= 0.3 is 6.03 Å². The molecule has 2 amide bonds. The number of nitrogens with zero attached hydrogens (tertiary/aromatic N) is 5. The summed E-state index contributed by atoms with van der Waals surface area (Å²) in [5, 5.41) is 14.1. The maximum atomic E-state index is 14.1. The molecule has 2 N–H and O–H groups in total. The van der Waals surface area contributed by atoms with Gasteiger partial charge in [0.25, 0.3) is 0 Å². The molecule has 158 valence electrons. The Morgan fingerprint density at radius 1 is 1.23 bits per heavy atom. The third-order valence-electron chi connectivity index (χ3n) is 4.07. The van der Waals surface area contributed by atoms with Gasteiger partial charge in [0, 0.05) is 45.2 Å². The zero-order valence-electron chi connectivity index (χ0n) is 17.5. The van der Waals surface area contributed by atoms with Gasteiger partial charge in [-0.05, 0) is 32.0 Å². The first kappa shape index (κ1) is 22.4. The molecule has 0 aliphatic heterocycles. The normalized spacial score (nSPS) is 11.3. The van der Waals surface area contributed by atoms with E-state index in [1.165, 1.54) is 24.4 Å². The summed E-state index contributed by atoms with van der Waals surface area (Å²) in [7, 11) is 5.19. The number of nitriles is 1. The first-order chi connectivity index (χ1) is 14.1. The molecular weight excluding hydrogens is 389 g/mol. The molecule has 0 saturated heterocycles. The van der Waals surface area contributed by atoms with E-state index >= 15 is 0 Å². The molecule has 0 unspecified atom stereocenters. The second-order valence-corrected chi connectivity index (χ2v) is 7.01. The van der Waals surface area contributed by atoms with Crippen LogP contribution in [0.15, 0.2) is 47.7 Å². The fourth-order valence-corrected chi connectivity index (χ4v) is 2.54. The van der Waals surface area contributed by atoms with Crippen molar-refractivity contribution in [2.75, 3.05) is 31.8 Å². The molecule has 30 heavy (non-hydrogen) atoms. The summed E-state index contributed by atoms with van der Waals surface area (Å²) in [5.74, 6) is -0.0205. The number of amides is 2. The number of aliphatic imine (C=N–C) groups is 1. The number of pyridine rings is 1. The van der Waals surface area contributed by atoms with Crippen LogP contribution in [0.2, 0.25) is 0 Å². The Kier molecular flexibility index (Phi) is 7.14.